The smallest absolute Gasteiger partial charge is 0.251 e. The summed E-state index contributed by atoms with van der Waals surface area (Å²) in [6, 6.07) is 1.23. The van der Waals surface area contributed by atoms with Gasteiger partial charge in [0.15, 0.2) is 15.0 Å². The highest BCUT2D eigenvalue weighted by Crippen LogP contribution is 2.20. The Labute approximate surface area is 146 Å². The molecular formula is C15H23N3O4S2. The van der Waals surface area contributed by atoms with Gasteiger partial charge in [-0.15, -0.1) is 0 Å². The molecule has 1 amide bonds. The topological polar surface area (TPSA) is 100 Å². The molecule has 9 heteroatoms. The monoisotopic (exact) mass is 373 g/mol. The molecule has 7 nitrogen and oxygen atoms in total. The number of hydrogen-bond donors (Lipinski definition) is 1. The lowest BCUT2D eigenvalue weighted by atomic mass is 10.2. The first-order chi connectivity index (χ1) is 11.3. The van der Waals surface area contributed by atoms with Crippen LogP contribution in [-0.2, 0) is 21.1 Å². The van der Waals surface area contributed by atoms with Gasteiger partial charge in [0, 0.05) is 24.3 Å². The van der Waals surface area contributed by atoms with Crippen LogP contribution in [0.4, 0.5) is 0 Å². The van der Waals surface area contributed by atoms with E-state index in [9.17, 15) is 18.0 Å². The molecule has 0 radical (unpaired) electrons. The molecule has 1 atom stereocenters. The number of aromatic amines is 1. The Hall–Kier alpha value is -1.35. The molecule has 2 rings (SSSR count). The lowest BCUT2D eigenvalue weighted by Gasteiger charge is -2.26. The highest BCUT2D eigenvalue weighted by atomic mass is 32.2. The quantitative estimate of drug-likeness (QED) is 0.562. The van der Waals surface area contributed by atoms with Crippen LogP contribution in [0, 0.1) is 0 Å². The van der Waals surface area contributed by atoms with Crippen molar-refractivity contribution in [2.24, 2.45) is 0 Å². The summed E-state index contributed by atoms with van der Waals surface area (Å²) in [4.78, 5) is 32.7. The number of H-pyrrole nitrogens is 1. The Kier molecular flexibility index (Phi) is 6.45. The van der Waals surface area contributed by atoms with Gasteiger partial charge in [-0.1, -0.05) is 25.1 Å². The summed E-state index contributed by atoms with van der Waals surface area (Å²) >= 11 is 1.18. The van der Waals surface area contributed by atoms with Crippen molar-refractivity contribution < 1.29 is 13.2 Å². The molecule has 0 saturated carbocycles. The molecular weight excluding hydrogens is 350 g/mol. The molecule has 0 aliphatic carbocycles. The first-order valence-electron chi connectivity index (χ1n) is 8.07. The van der Waals surface area contributed by atoms with Crippen LogP contribution in [0.1, 0.15) is 32.4 Å². The van der Waals surface area contributed by atoms with Crippen LogP contribution in [-0.4, -0.2) is 59.0 Å². The lowest BCUT2D eigenvalue weighted by Crippen LogP contribution is -2.42. The van der Waals surface area contributed by atoms with Gasteiger partial charge in [0.2, 0.25) is 5.91 Å². The van der Waals surface area contributed by atoms with Crippen molar-refractivity contribution in [1.29, 1.82) is 0 Å². The molecule has 1 saturated heterocycles. The minimum atomic E-state index is -3.03. The second kappa shape index (κ2) is 8.15. The van der Waals surface area contributed by atoms with Gasteiger partial charge in [-0.25, -0.2) is 13.4 Å². The molecule has 1 fully saturated rings. The van der Waals surface area contributed by atoms with E-state index in [0.717, 1.165) is 6.42 Å². The molecule has 1 aromatic rings. The summed E-state index contributed by atoms with van der Waals surface area (Å²) in [5.74, 6) is 0.178. The molecule has 0 aromatic carbocycles. The van der Waals surface area contributed by atoms with Gasteiger partial charge in [0.05, 0.1) is 17.3 Å². The number of aromatic nitrogens is 2. The molecule has 1 N–H and O–H groups in total. The van der Waals surface area contributed by atoms with Gasteiger partial charge in [-0.2, -0.15) is 0 Å². The maximum Gasteiger partial charge on any atom is 0.251 e. The molecule has 0 unspecified atom stereocenters. The Morgan fingerprint density at radius 3 is 2.79 bits per heavy atom. The summed E-state index contributed by atoms with van der Waals surface area (Å²) in [6.07, 6.45) is 2.10. The fourth-order valence-electron chi connectivity index (χ4n) is 2.81. The van der Waals surface area contributed by atoms with E-state index in [4.69, 9.17) is 0 Å². The summed E-state index contributed by atoms with van der Waals surface area (Å²) < 4.78 is 23.2. The van der Waals surface area contributed by atoms with Gasteiger partial charge in [0.1, 0.15) is 0 Å². The van der Waals surface area contributed by atoms with Crippen LogP contribution in [0.15, 0.2) is 16.0 Å². The Bertz CT molecular complexity index is 745. The molecule has 134 valence electrons. The van der Waals surface area contributed by atoms with Gasteiger partial charge in [-0.3, -0.25) is 9.59 Å². The average molecular weight is 374 g/mol. The molecule has 0 spiro atoms. The molecule has 1 aromatic heterocycles. The van der Waals surface area contributed by atoms with Gasteiger partial charge in [0.25, 0.3) is 5.56 Å². The van der Waals surface area contributed by atoms with Crippen LogP contribution in [0.3, 0.4) is 0 Å². The zero-order valence-electron chi connectivity index (χ0n) is 13.9. The number of carbonyl (C=O) groups is 1. The number of carbonyl (C=O) groups excluding carboxylic acids is 1. The number of thioether (sulfide) groups is 1. The van der Waals surface area contributed by atoms with E-state index >= 15 is 0 Å². The minimum absolute atomic E-state index is 0.0400. The van der Waals surface area contributed by atoms with Crippen molar-refractivity contribution in [3.05, 3.63) is 22.1 Å². The van der Waals surface area contributed by atoms with Crippen LogP contribution >= 0.6 is 11.8 Å². The highest BCUT2D eigenvalue weighted by Gasteiger charge is 2.33. The molecule has 1 aliphatic heterocycles. The molecule has 1 aliphatic rings. The summed E-state index contributed by atoms with van der Waals surface area (Å²) in [5, 5.41) is 0.425. The van der Waals surface area contributed by atoms with Crippen molar-refractivity contribution in [3.63, 3.8) is 0 Å². The SMILES string of the molecule is CCCc1cc(=O)[nH]c(SCC(=O)N(CC)[C@@H]2CCS(=O)(=O)C2)n1. The van der Waals surface area contributed by atoms with Gasteiger partial charge >= 0.3 is 0 Å². The Morgan fingerprint density at radius 1 is 1.46 bits per heavy atom. The zero-order valence-corrected chi connectivity index (χ0v) is 15.6. The van der Waals surface area contributed by atoms with Crippen LogP contribution in [0.25, 0.3) is 0 Å². The second-order valence-corrected chi connectivity index (χ2v) is 9.01. The van der Waals surface area contributed by atoms with E-state index in [-0.39, 0.29) is 34.8 Å². The number of amides is 1. The molecule has 24 heavy (non-hydrogen) atoms. The van der Waals surface area contributed by atoms with Crippen molar-refractivity contribution in [2.45, 2.75) is 44.3 Å². The third-order valence-electron chi connectivity index (χ3n) is 3.92. The molecule has 2 heterocycles. The maximum atomic E-state index is 12.4. The van der Waals surface area contributed by atoms with E-state index < -0.39 is 9.84 Å². The van der Waals surface area contributed by atoms with E-state index in [1.807, 2.05) is 13.8 Å². The van der Waals surface area contributed by atoms with E-state index in [1.165, 1.54) is 17.8 Å². The zero-order chi connectivity index (χ0) is 17.7. The van der Waals surface area contributed by atoms with Crippen molar-refractivity contribution in [2.75, 3.05) is 23.8 Å². The Morgan fingerprint density at radius 2 is 2.21 bits per heavy atom. The third kappa shape index (κ3) is 5.07. The van der Waals surface area contributed by atoms with E-state index in [0.29, 0.717) is 30.2 Å². The summed E-state index contributed by atoms with van der Waals surface area (Å²) in [6.45, 7) is 4.32. The third-order valence-corrected chi connectivity index (χ3v) is 6.53. The van der Waals surface area contributed by atoms with Crippen LogP contribution in [0.2, 0.25) is 0 Å². The number of nitrogens with zero attached hydrogens (tertiary/aromatic N) is 2. The van der Waals surface area contributed by atoms with Gasteiger partial charge in [-0.05, 0) is 19.8 Å². The first-order valence-corrected chi connectivity index (χ1v) is 10.9. The number of sulfone groups is 1. The van der Waals surface area contributed by atoms with Crippen LogP contribution in [0.5, 0.6) is 0 Å². The predicted molar refractivity (Wildman–Crippen MR) is 94.0 cm³/mol. The highest BCUT2D eigenvalue weighted by molar-refractivity contribution is 7.99. The fourth-order valence-corrected chi connectivity index (χ4v) is 5.32. The first kappa shape index (κ1) is 19.0. The minimum Gasteiger partial charge on any atom is -0.338 e. The van der Waals surface area contributed by atoms with Crippen molar-refractivity contribution in [3.8, 4) is 0 Å². The number of nitrogens with one attached hydrogen (secondary N) is 1. The second-order valence-electron chi connectivity index (χ2n) is 5.82. The molecule has 0 bridgehead atoms. The van der Waals surface area contributed by atoms with E-state index in [2.05, 4.69) is 9.97 Å². The largest absolute Gasteiger partial charge is 0.338 e. The average Bonchev–Trinajstić information content (AvgIpc) is 2.85. The maximum absolute atomic E-state index is 12.4. The lowest BCUT2D eigenvalue weighted by molar-refractivity contribution is -0.129. The standard InChI is InChI=1S/C15H23N3O4S2/c1-3-5-11-8-13(19)17-15(16-11)23-9-14(20)18(4-2)12-6-7-24(21,22)10-12/h8,12H,3-7,9-10H2,1-2H3,(H,16,17,19)/t12-/m1/s1. The fraction of sp³-hybridized carbons (Fsp3) is 0.667. The number of rotatable bonds is 7. The number of hydrogen-bond acceptors (Lipinski definition) is 6. The van der Waals surface area contributed by atoms with E-state index in [1.54, 1.807) is 4.90 Å². The number of aryl methyl sites for hydroxylation is 1. The normalized spacial score (nSPS) is 19.3. The van der Waals surface area contributed by atoms with Crippen molar-refractivity contribution in [1.82, 2.24) is 14.9 Å². The summed E-state index contributed by atoms with van der Waals surface area (Å²) in [7, 11) is -3.03. The summed E-state index contributed by atoms with van der Waals surface area (Å²) in [5.41, 5.74) is 0.489. The van der Waals surface area contributed by atoms with Crippen LogP contribution < -0.4 is 5.56 Å². The van der Waals surface area contributed by atoms with Crippen molar-refractivity contribution >= 4 is 27.5 Å². The Balaban J connectivity index is 2.00. The van der Waals surface area contributed by atoms with Gasteiger partial charge < -0.3 is 9.88 Å². The predicted octanol–water partition coefficient (Wildman–Crippen LogP) is 0.850.